The molecule has 1 aromatic heterocycles. The predicted molar refractivity (Wildman–Crippen MR) is 54.2 cm³/mol. The lowest BCUT2D eigenvalue weighted by Gasteiger charge is -2.03. The van der Waals surface area contributed by atoms with E-state index < -0.39 is 11.9 Å². The molecule has 0 aliphatic heterocycles. The van der Waals surface area contributed by atoms with Gasteiger partial charge >= 0.3 is 11.9 Å². The first-order valence-electron chi connectivity index (χ1n) is 4.51. The predicted octanol–water partition coefficient (Wildman–Crippen LogP) is 0.455. The van der Waals surface area contributed by atoms with Gasteiger partial charge in [0.05, 0.1) is 6.61 Å². The Hall–Kier alpha value is -2.42. The number of aromatic nitrogens is 1. The van der Waals surface area contributed by atoms with Crippen molar-refractivity contribution in [2.45, 2.75) is 6.92 Å². The van der Waals surface area contributed by atoms with Crippen molar-refractivity contribution < 1.29 is 14.3 Å². The summed E-state index contributed by atoms with van der Waals surface area (Å²) in [4.78, 5) is 25.9. The molecule has 6 heteroatoms. The number of anilines is 1. The SMILES string of the molecule is CCOC(=O)C(=O)Nc1ccnc(C#N)c1. The maximum absolute atomic E-state index is 11.2. The summed E-state index contributed by atoms with van der Waals surface area (Å²) in [6.07, 6.45) is 1.36. The molecule has 1 N–H and O–H groups in total. The summed E-state index contributed by atoms with van der Waals surface area (Å²) in [6, 6.07) is 4.64. The number of amides is 1. The van der Waals surface area contributed by atoms with E-state index in [1.807, 2.05) is 6.07 Å². The van der Waals surface area contributed by atoms with Gasteiger partial charge in [0.1, 0.15) is 11.8 Å². The molecule has 0 saturated heterocycles. The summed E-state index contributed by atoms with van der Waals surface area (Å²) in [5.74, 6) is -1.84. The van der Waals surface area contributed by atoms with Crippen LogP contribution >= 0.6 is 0 Å². The average molecular weight is 219 g/mol. The van der Waals surface area contributed by atoms with Gasteiger partial charge in [0.15, 0.2) is 0 Å². The molecular formula is C10H9N3O3. The van der Waals surface area contributed by atoms with Crippen molar-refractivity contribution in [2.75, 3.05) is 11.9 Å². The molecule has 0 radical (unpaired) electrons. The molecule has 1 rings (SSSR count). The zero-order valence-corrected chi connectivity index (χ0v) is 8.56. The number of hydrogen-bond acceptors (Lipinski definition) is 5. The Kier molecular flexibility index (Phi) is 3.98. The van der Waals surface area contributed by atoms with E-state index in [0.29, 0.717) is 5.69 Å². The summed E-state index contributed by atoms with van der Waals surface area (Å²) in [5, 5.41) is 10.9. The molecule has 6 nitrogen and oxygen atoms in total. The Labute approximate surface area is 91.9 Å². The maximum Gasteiger partial charge on any atom is 0.397 e. The molecule has 82 valence electrons. The van der Waals surface area contributed by atoms with E-state index in [-0.39, 0.29) is 12.3 Å². The van der Waals surface area contributed by atoms with Crippen LogP contribution in [0.2, 0.25) is 0 Å². The number of esters is 1. The Bertz CT molecular complexity index is 451. The molecule has 0 spiro atoms. The molecule has 0 saturated carbocycles. The lowest BCUT2D eigenvalue weighted by molar-refractivity contribution is -0.152. The van der Waals surface area contributed by atoms with Crippen molar-refractivity contribution in [3.05, 3.63) is 24.0 Å². The van der Waals surface area contributed by atoms with Crippen molar-refractivity contribution in [3.8, 4) is 6.07 Å². The van der Waals surface area contributed by atoms with Gasteiger partial charge in [0.2, 0.25) is 0 Å². The van der Waals surface area contributed by atoms with Crippen LogP contribution in [0.15, 0.2) is 18.3 Å². The molecule has 0 aromatic carbocycles. The Morgan fingerprint density at radius 1 is 1.62 bits per heavy atom. The lowest BCUT2D eigenvalue weighted by atomic mass is 10.3. The van der Waals surface area contributed by atoms with Crippen molar-refractivity contribution >= 4 is 17.6 Å². The zero-order valence-electron chi connectivity index (χ0n) is 8.56. The lowest BCUT2D eigenvalue weighted by Crippen LogP contribution is -2.25. The van der Waals surface area contributed by atoms with Gasteiger partial charge in [-0.05, 0) is 19.1 Å². The zero-order chi connectivity index (χ0) is 12.0. The van der Waals surface area contributed by atoms with Crippen molar-refractivity contribution in [2.24, 2.45) is 0 Å². The highest BCUT2D eigenvalue weighted by molar-refractivity contribution is 6.37. The number of nitrogens with zero attached hydrogens (tertiary/aromatic N) is 2. The fourth-order valence-electron chi connectivity index (χ4n) is 0.948. The molecule has 1 heterocycles. The molecule has 16 heavy (non-hydrogen) atoms. The van der Waals surface area contributed by atoms with Crippen LogP contribution in [0.1, 0.15) is 12.6 Å². The number of rotatable bonds is 2. The van der Waals surface area contributed by atoms with Gasteiger partial charge in [-0.1, -0.05) is 0 Å². The first kappa shape index (κ1) is 11.7. The molecule has 0 fully saturated rings. The van der Waals surface area contributed by atoms with Gasteiger partial charge in [-0.3, -0.25) is 4.79 Å². The first-order valence-corrected chi connectivity index (χ1v) is 4.51. The third-order valence-electron chi connectivity index (χ3n) is 1.59. The van der Waals surface area contributed by atoms with Gasteiger partial charge in [-0.2, -0.15) is 5.26 Å². The summed E-state index contributed by atoms with van der Waals surface area (Å²) in [7, 11) is 0. The highest BCUT2D eigenvalue weighted by atomic mass is 16.5. The number of carbonyl (C=O) groups is 2. The van der Waals surface area contributed by atoms with E-state index in [4.69, 9.17) is 5.26 Å². The monoisotopic (exact) mass is 219 g/mol. The van der Waals surface area contributed by atoms with Crippen LogP contribution in [0.25, 0.3) is 0 Å². The molecule has 0 aliphatic carbocycles. The summed E-state index contributed by atoms with van der Waals surface area (Å²) >= 11 is 0. The second kappa shape index (κ2) is 5.46. The fourth-order valence-corrected chi connectivity index (χ4v) is 0.948. The molecule has 0 atom stereocenters. The third-order valence-corrected chi connectivity index (χ3v) is 1.59. The highest BCUT2D eigenvalue weighted by Crippen LogP contribution is 2.06. The minimum atomic E-state index is -0.960. The van der Waals surface area contributed by atoms with E-state index in [1.54, 1.807) is 6.92 Å². The Morgan fingerprint density at radius 3 is 3.00 bits per heavy atom. The van der Waals surface area contributed by atoms with E-state index >= 15 is 0 Å². The minimum Gasteiger partial charge on any atom is -0.459 e. The number of hydrogen-bond donors (Lipinski definition) is 1. The quantitative estimate of drug-likeness (QED) is 0.576. The molecule has 1 amide bonds. The Morgan fingerprint density at radius 2 is 2.38 bits per heavy atom. The van der Waals surface area contributed by atoms with Crippen molar-refractivity contribution in [1.29, 1.82) is 5.26 Å². The smallest absolute Gasteiger partial charge is 0.397 e. The normalized spacial score (nSPS) is 9.00. The maximum atomic E-state index is 11.2. The van der Waals surface area contributed by atoms with Crippen molar-refractivity contribution in [1.82, 2.24) is 4.98 Å². The summed E-state index contributed by atoms with van der Waals surface area (Å²) in [6.45, 7) is 1.73. The summed E-state index contributed by atoms with van der Waals surface area (Å²) in [5.41, 5.74) is 0.478. The fraction of sp³-hybridized carbons (Fsp3) is 0.200. The van der Waals surface area contributed by atoms with Gasteiger partial charge < -0.3 is 10.1 Å². The topological polar surface area (TPSA) is 92.1 Å². The number of nitrogens with one attached hydrogen (secondary N) is 1. The number of ether oxygens (including phenoxy) is 1. The second-order valence-corrected chi connectivity index (χ2v) is 2.72. The van der Waals surface area contributed by atoms with Crippen LogP contribution in [0.5, 0.6) is 0 Å². The number of carbonyl (C=O) groups excluding carboxylic acids is 2. The van der Waals surface area contributed by atoms with Crippen LogP contribution < -0.4 is 5.32 Å². The summed E-state index contributed by atoms with van der Waals surface area (Å²) < 4.78 is 4.50. The van der Waals surface area contributed by atoms with Gasteiger partial charge in [0, 0.05) is 11.9 Å². The van der Waals surface area contributed by atoms with Gasteiger partial charge in [0.25, 0.3) is 0 Å². The standard InChI is InChI=1S/C10H9N3O3/c1-2-16-10(15)9(14)13-7-3-4-12-8(5-7)6-11/h3-5H,2H2,1H3,(H,12,13,14). The van der Waals surface area contributed by atoms with E-state index in [0.717, 1.165) is 0 Å². The van der Waals surface area contributed by atoms with Crippen molar-refractivity contribution in [3.63, 3.8) is 0 Å². The van der Waals surface area contributed by atoms with Crippen LogP contribution in [-0.4, -0.2) is 23.5 Å². The average Bonchev–Trinajstić information content (AvgIpc) is 2.29. The minimum absolute atomic E-state index is 0.131. The third kappa shape index (κ3) is 3.06. The molecule has 0 aliphatic rings. The number of nitriles is 1. The van der Waals surface area contributed by atoms with Crippen LogP contribution in [-0.2, 0) is 14.3 Å². The Balaban J connectivity index is 2.70. The molecule has 0 unspecified atom stereocenters. The molecular weight excluding hydrogens is 210 g/mol. The molecule has 0 bridgehead atoms. The largest absolute Gasteiger partial charge is 0.459 e. The molecule has 1 aromatic rings. The number of pyridine rings is 1. The second-order valence-electron chi connectivity index (χ2n) is 2.72. The van der Waals surface area contributed by atoms with Crippen LogP contribution in [0.4, 0.5) is 5.69 Å². The highest BCUT2D eigenvalue weighted by Gasteiger charge is 2.14. The van der Waals surface area contributed by atoms with E-state index in [9.17, 15) is 9.59 Å². The first-order chi connectivity index (χ1) is 7.67. The van der Waals surface area contributed by atoms with Crippen LogP contribution in [0, 0.1) is 11.3 Å². The van der Waals surface area contributed by atoms with Gasteiger partial charge in [-0.15, -0.1) is 0 Å². The van der Waals surface area contributed by atoms with E-state index in [2.05, 4.69) is 15.0 Å². The van der Waals surface area contributed by atoms with E-state index in [1.165, 1.54) is 18.3 Å². The van der Waals surface area contributed by atoms with Crippen LogP contribution in [0.3, 0.4) is 0 Å². The van der Waals surface area contributed by atoms with Gasteiger partial charge in [-0.25, -0.2) is 9.78 Å².